The first-order chi connectivity index (χ1) is 8.24. The lowest BCUT2D eigenvalue weighted by atomic mass is 10.4. The van der Waals surface area contributed by atoms with E-state index in [1.165, 1.54) is 6.26 Å². The third-order valence-electron chi connectivity index (χ3n) is 1.91. The molecule has 0 unspecified atom stereocenters. The molecule has 0 aromatic carbocycles. The second-order valence-electron chi connectivity index (χ2n) is 3.73. The van der Waals surface area contributed by atoms with Crippen molar-refractivity contribution in [3.05, 3.63) is 30.3 Å². The molecule has 2 rings (SSSR count). The van der Waals surface area contributed by atoms with Crippen LogP contribution in [0, 0.1) is 0 Å². The van der Waals surface area contributed by atoms with E-state index in [0.29, 0.717) is 18.4 Å². The molecule has 6 heteroatoms. The van der Waals surface area contributed by atoms with Crippen molar-refractivity contribution in [2.45, 2.75) is 26.5 Å². The van der Waals surface area contributed by atoms with Crippen molar-refractivity contribution in [3.63, 3.8) is 0 Å². The highest BCUT2D eigenvalue weighted by Gasteiger charge is 2.03. The van der Waals surface area contributed by atoms with Crippen LogP contribution in [-0.4, -0.2) is 21.2 Å². The third-order valence-corrected chi connectivity index (χ3v) is 1.91. The van der Waals surface area contributed by atoms with Gasteiger partial charge in [0.25, 0.3) is 0 Å². The van der Waals surface area contributed by atoms with Gasteiger partial charge in [0.2, 0.25) is 11.8 Å². The van der Waals surface area contributed by atoms with Gasteiger partial charge in [-0.2, -0.15) is 4.98 Å². The van der Waals surface area contributed by atoms with Gasteiger partial charge in [-0.3, -0.25) is 0 Å². The van der Waals surface area contributed by atoms with Gasteiger partial charge in [0.05, 0.1) is 12.6 Å². The molecule has 0 aliphatic heterocycles. The van der Waals surface area contributed by atoms with Gasteiger partial charge in [0.1, 0.15) is 12.0 Å². The van der Waals surface area contributed by atoms with Gasteiger partial charge < -0.3 is 14.6 Å². The fourth-order valence-corrected chi connectivity index (χ4v) is 1.23. The summed E-state index contributed by atoms with van der Waals surface area (Å²) in [5, 5.41) is 6.81. The van der Waals surface area contributed by atoms with E-state index < -0.39 is 0 Å². The minimum atomic E-state index is 0.0910. The van der Waals surface area contributed by atoms with Gasteiger partial charge in [0.15, 0.2) is 0 Å². The molecule has 0 aliphatic rings. The molecule has 0 saturated carbocycles. The Kier molecular flexibility index (Phi) is 3.54. The Morgan fingerprint density at radius 1 is 1.41 bits per heavy atom. The van der Waals surface area contributed by atoms with E-state index in [9.17, 15) is 0 Å². The van der Waals surface area contributed by atoms with E-state index in [0.717, 1.165) is 5.69 Å². The van der Waals surface area contributed by atoms with Gasteiger partial charge in [-0.15, -0.1) is 0 Å². The number of aromatic nitrogens is 3. The van der Waals surface area contributed by atoms with Crippen LogP contribution in [0.3, 0.4) is 0 Å². The van der Waals surface area contributed by atoms with Gasteiger partial charge in [0, 0.05) is 18.3 Å². The summed E-state index contributed by atoms with van der Waals surface area (Å²) in [5.41, 5.74) is 0.795. The molecule has 0 fully saturated rings. The second-order valence-corrected chi connectivity index (χ2v) is 3.73. The molecule has 0 aliphatic carbocycles. The lowest BCUT2D eigenvalue weighted by Gasteiger charge is -2.09. The van der Waals surface area contributed by atoms with Crippen LogP contribution in [0.5, 0.6) is 5.88 Å². The molecule has 0 radical (unpaired) electrons. The Labute approximate surface area is 99.0 Å². The number of hydrogen-bond acceptors (Lipinski definition) is 6. The van der Waals surface area contributed by atoms with Gasteiger partial charge in [-0.1, -0.05) is 5.16 Å². The Hall–Kier alpha value is -2.11. The minimum Gasteiger partial charge on any atom is -0.475 e. The van der Waals surface area contributed by atoms with E-state index in [2.05, 4.69) is 20.4 Å². The minimum absolute atomic E-state index is 0.0910. The van der Waals surface area contributed by atoms with Crippen LogP contribution in [0.15, 0.2) is 29.1 Å². The van der Waals surface area contributed by atoms with E-state index in [1.807, 2.05) is 13.8 Å². The summed E-state index contributed by atoms with van der Waals surface area (Å²) < 4.78 is 10.2. The zero-order valence-electron chi connectivity index (χ0n) is 9.75. The smallest absolute Gasteiger partial charge is 0.226 e. The van der Waals surface area contributed by atoms with Crippen molar-refractivity contribution < 1.29 is 9.26 Å². The van der Waals surface area contributed by atoms with Crippen molar-refractivity contribution in [2.75, 3.05) is 5.32 Å². The predicted molar refractivity (Wildman–Crippen MR) is 61.6 cm³/mol. The van der Waals surface area contributed by atoms with Gasteiger partial charge in [-0.05, 0) is 13.8 Å². The Morgan fingerprint density at radius 3 is 3.00 bits per heavy atom. The first kappa shape index (κ1) is 11.4. The monoisotopic (exact) mass is 234 g/mol. The maximum atomic E-state index is 5.47. The number of hydrogen-bond donors (Lipinski definition) is 1. The summed E-state index contributed by atoms with van der Waals surface area (Å²) >= 11 is 0. The highest BCUT2D eigenvalue weighted by Crippen LogP contribution is 2.10. The standard InChI is InChI=1S/C11H14N4O2/c1-8(2)17-10-3-5-12-11(14-10)13-7-9-4-6-16-15-9/h3-6,8H,7H2,1-2H3,(H,12,13,14). The van der Waals surface area contributed by atoms with E-state index in [-0.39, 0.29) is 6.10 Å². The van der Waals surface area contributed by atoms with Crippen molar-refractivity contribution in [1.29, 1.82) is 0 Å². The number of rotatable bonds is 5. The Morgan fingerprint density at radius 2 is 2.29 bits per heavy atom. The number of ether oxygens (including phenoxy) is 1. The van der Waals surface area contributed by atoms with Crippen molar-refractivity contribution in [2.24, 2.45) is 0 Å². The maximum Gasteiger partial charge on any atom is 0.226 e. The fourth-order valence-electron chi connectivity index (χ4n) is 1.23. The molecule has 2 aromatic heterocycles. The molecular formula is C11H14N4O2. The lowest BCUT2D eigenvalue weighted by Crippen LogP contribution is -2.09. The second kappa shape index (κ2) is 5.29. The number of anilines is 1. The molecule has 0 spiro atoms. The zero-order valence-corrected chi connectivity index (χ0v) is 9.75. The van der Waals surface area contributed by atoms with E-state index in [4.69, 9.17) is 9.26 Å². The van der Waals surface area contributed by atoms with Gasteiger partial charge in [-0.25, -0.2) is 4.98 Å². The zero-order chi connectivity index (χ0) is 12.1. The highest BCUT2D eigenvalue weighted by molar-refractivity contribution is 5.28. The van der Waals surface area contributed by atoms with Crippen LogP contribution in [0.1, 0.15) is 19.5 Å². The molecule has 2 heterocycles. The van der Waals surface area contributed by atoms with Crippen LogP contribution in [0.25, 0.3) is 0 Å². The van der Waals surface area contributed by atoms with Crippen molar-refractivity contribution in [3.8, 4) is 5.88 Å². The summed E-state index contributed by atoms with van der Waals surface area (Å²) in [6.45, 7) is 4.41. The van der Waals surface area contributed by atoms with Gasteiger partial charge >= 0.3 is 0 Å². The largest absolute Gasteiger partial charge is 0.475 e. The molecule has 1 N–H and O–H groups in total. The summed E-state index contributed by atoms with van der Waals surface area (Å²) in [7, 11) is 0. The van der Waals surface area contributed by atoms with E-state index in [1.54, 1.807) is 18.3 Å². The molecule has 6 nitrogen and oxygen atoms in total. The number of nitrogens with zero attached hydrogens (tertiary/aromatic N) is 3. The average Bonchev–Trinajstić information content (AvgIpc) is 2.79. The first-order valence-electron chi connectivity index (χ1n) is 5.37. The van der Waals surface area contributed by atoms with Crippen LogP contribution in [-0.2, 0) is 6.54 Å². The van der Waals surface area contributed by atoms with Crippen LogP contribution in [0.4, 0.5) is 5.95 Å². The molecular weight excluding hydrogens is 220 g/mol. The summed E-state index contributed by atoms with van der Waals surface area (Å²) in [4.78, 5) is 8.30. The third kappa shape index (κ3) is 3.44. The lowest BCUT2D eigenvalue weighted by molar-refractivity contribution is 0.232. The molecule has 17 heavy (non-hydrogen) atoms. The van der Waals surface area contributed by atoms with Crippen LogP contribution >= 0.6 is 0 Å². The van der Waals surface area contributed by atoms with Crippen LogP contribution in [0.2, 0.25) is 0 Å². The molecule has 0 amide bonds. The Balaban J connectivity index is 1.96. The SMILES string of the molecule is CC(C)Oc1ccnc(NCc2ccon2)n1. The summed E-state index contributed by atoms with van der Waals surface area (Å²) in [6.07, 6.45) is 3.26. The van der Waals surface area contributed by atoms with E-state index >= 15 is 0 Å². The normalized spacial score (nSPS) is 10.5. The quantitative estimate of drug-likeness (QED) is 0.851. The first-order valence-corrected chi connectivity index (χ1v) is 5.37. The molecule has 0 bridgehead atoms. The average molecular weight is 234 g/mol. The maximum absolute atomic E-state index is 5.47. The summed E-state index contributed by atoms with van der Waals surface area (Å²) in [6, 6.07) is 3.50. The Bertz CT molecular complexity index is 456. The molecule has 0 atom stereocenters. The van der Waals surface area contributed by atoms with Crippen LogP contribution < -0.4 is 10.1 Å². The van der Waals surface area contributed by atoms with Crippen molar-refractivity contribution >= 4 is 5.95 Å². The topological polar surface area (TPSA) is 73.1 Å². The number of nitrogens with one attached hydrogen (secondary N) is 1. The summed E-state index contributed by atoms with van der Waals surface area (Å²) in [5.74, 6) is 1.06. The van der Waals surface area contributed by atoms with Crippen molar-refractivity contribution in [1.82, 2.24) is 15.1 Å². The predicted octanol–water partition coefficient (Wildman–Crippen LogP) is 1.86. The molecule has 2 aromatic rings. The molecule has 90 valence electrons. The fraction of sp³-hybridized carbons (Fsp3) is 0.364. The highest BCUT2D eigenvalue weighted by atomic mass is 16.5. The molecule has 0 saturated heterocycles.